The van der Waals surface area contributed by atoms with Crippen molar-refractivity contribution in [2.24, 2.45) is 5.73 Å². The van der Waals surface area contributed by atoms with Crippen LogP contribution in [0.15, 0.2) is 18.2 Å². The molecule has 1 fully saturated rings. The Labute approximate surface area is 77.1 Å². The summed E-state index contributed by atoms with van der Waals surface area (Å²) in [5.74, 6) is 1.13. The Balaban J connectivity index is 2.25. The highest BCUT2D eigenvalue weighted by Gasteiger charge is 2.35. The van der Waals surface area contributed by atoms with Gasteiger partial charge in [-0.15, -0.1) is 0 Å². The molecule has 1 aromatic rings. The van der Waals surface area contributed by atoms with Gasteiger partial charge in [0, 0.05) is 12.0 Å². The molecule has 3 nitrogen and oxygen atoms in total. The quantitative estimate of drug-likeness (QED) is 0.717. The number of ether oxygens (including phenoxy) is 1. The fraction of sp³-hybridized carbons (Fsp3) is 0.400. The molecule has 0 aliphatic heterocycles. The molecule has 0 heterocycles. The van der Waals surface area contributed by atoms with E-state index in [2.05, 4.69) is 0 Å². The molecular formula is C10H13NO2. The minimum absolute atomic E-state index is 0.194. The summed E-state index contributed by atoms with van der Waals surface area (Å²) >= 11 is 0. The summed E-state index contributed by atoms with van der Waals surface area (Å²) in [5.41, 5.74) is 6.81. The average Bonchev–Trinajstić information content (AvgIpc) is 2.82. The second kappa shape index (κ2) is 2.92. The molecule has 1 aromatic carbocycles. The molecule has 13 heavy (non-hydrogen) atoms. The maximum atomic E-state index is 9.49. The first-order chi connectivity index (χ1) is 6.22. The maximum absolute atomic E-state index is 9.49. The summed E-state index contributed by atoms with van der Waals surface area (Å²) in [6.07, 6.45) is 1.02. The Morgan fingerprint density at radius 3 is 2.69 bits per heavy atom. The first kappa shape index (κ1) is 8.38. The number of nitrogens with two attached hydrogens (primary N) is 1. The van der Waals surface area contributed by atoms with E-state index in [0.29, 0.717) is 11.7 Å². The van der Waals surface area contributed by atoms with Gasteiger partial charge in [0.05, 0.1) is 7.11 Å². The monoisotopic (exact) mass is 179 g/mol. The lowest BCUT2D eigenvalue weighted by atomic mass is 10.1. The molecule has 1 saturated carbocycles. The van der Waals surface area contributed by atoms with Crippen LogP contribution in [0.25, 0.3) is 0 Å². The van der Waals surface area contributed by atoms with Crippen molar-refractivity contribution in [3.05, 3.63) is 23.8 Å². The fourth-order valence-corrected chi connectivity index (χ4v) is 1.54. The van der Waals surface area contributed by atoms with Crippen molar-refractivity contribution >= 4 is 0 Å². The first-order valence-corrected chi connectivity index (χ1v) is 4.35. The minimum atomic E-state index is 0.194. The molecule has 2 unspecified atom stereocenters. The van der Waals surface area contributed by atoms with Gasteiger partial charge in [-0.1, -0.05) is 6.07 Å². The number of hydrogen-bond donors (Lipinski definition) is 2. The van der Waals surface area contributed by atoms with E-state index in [4.69, 9.17) is 10.5 Å². The van der Waals surface area contributed by atoms with Crippen LogP contribution in [-0.4, -0.2) is 18.3 Å². The van der Waals surface area contributed by atoms with Crippen molar-refractivity contribution in [3.63, 3.8) is 0 Å². The molecule has 0 spiro atoms. The van der Waals surface area contributed by atoms with Gasteiger partial charge in [-0.3, -0.25) is 0 Å². The van der Waals surface area contributed by atoms with E-state index < -0.39 is 0 Å². The number of phenolic OH excluding ortho intramolecular Hbond substituents is 1. The van der Waals surface area contributed by atoms with Crippen molar-refractivity contribution in [2.75, 3.05) is 7.11 Å². The summed E-state index contributed by atoms with van der Waals surface area (Å²) < 4.78 is 4.95. The highest BCUT2D eigenvalue weighted by molar-refractivity contribution is 5.44. The lowest BCUT2D eigenvalue weighted by molar-refractivity contribution is 0.373. The smallest absolute Gasteiger partial charge is 0.160 e. The second-order valence-corrected chi connectivity index (χ2v) is 3.44. The van der Waals surface area contributed by atoms with Crippen molar-refractivity contribution in [1.82, 2.24) is 0 Å². The second-order valence-electron chi connectivity index (χ2n) is 3.44. The molecule has 70 valence electrons. The van der Waals surface area contributed by atoms with Gasteiger partial charge < -0.3 is 15.6 Å². The third kappa shape index (κ3) is 1.47. The van der Waals surface area contributed by atoms with Gasteiger partial charge in [0.2, 0.25) is 0 Å². The SMILES string of the molecule is COc1ccc(C2CC2N)cc1O. The van der Waals surface area contributed by atoms with E-state index in [-0.39, 0.29) is 11.8 Å². The lowest BCUT2D eigenvalue weighted by Crippen LogP contribution is -2.00. The standard InChI is InChI=1S/C10H13NO2/c1-13-10-3-2-6(4-9(10)12)7-5-8(7)11/h2-4,7-8,12H,5,11H2,1H3. The normalized spacial score (nSPS) is 25.7. The number of aromatic hydroxyl groups is 1. The zero-order chi connectivity index (χ0) is 9.42. The van der Waals surface area contributed by atoms with Crippen molar-refractivity contribution < 1.29 is 9.84 Å². The van der Waals surface area contributed by atoms with E-state index in [1.165, 1.54) is 7.11 Å². The zero-order valence-electron chi connectivity index (χ0n) is 7.53. The zero-order valence-corrected chi connectivity index (χ0v) is 7.53. The van der Waals surface area contributed by atoms with Crippen LogP contribution in [0.2, 0.25) is 0 Å². The third-order valence-electron chi connectivity index (χ3n) is 2.47. The van der Waals surface area contributed by atoms with Crippen LogP contribution in [-0.2, 0) is 0 Å². The Bertz CT molecular complexity index is 325. The number of phenols is 1. The van der Waals surface area contributed by atoms with Crippen LogP contribution in [0.1, 0.15) is 17.9 Å². The maximum Gasteiger partial charge on any atom is 0.160 e. The van der Waals surface area contributed by atoms with Gasteiger partial charge in [0.25, 0.3) is 0 Å². The summed E-state index contributed by atoms with van der Waals surface area (Å²) in [7, 11) is 1.54. The minimum Gasteiger partial charge on any atom is -0.504 e. The Kier molecular flexibility index (Phi) is 1.88. The molecule has 0 radical (unpaired) electrons. The molecule has 3 N–H and O–H groups in total. The summed E-state index contributed by atoms with van der Waals surface area (Å²) in [5, 5.41) is 9.49. The molecule has 1 aliphatic rings. The molecule has 2 rings (SSSR count). The fourth-order valence-electron chi connectivity index (χ4n) is 1.54. The van der Waals surface area contributed by atoms with Crippen LogP contribution in [0.5, 0.6) is 11.5 Å². The van der Waals surface area contributed by atoms with Crippen LogP contribution < -0.4 is 10.5 Å². The van der Waals surface area contributed by atoms with E-state index in [9.17, 15) is 5.11 Å². The summed E-state index contributed by atoms with van der Waals surface area (Å²) in [6.45, 7) is 0. The predicted molar refractivity (Wildman–Crippen MR) is 50.0 cm³/mol. The Morgan fingerprint density at radius 1 is 1.54 bits per heavy atom. The number of hydrogen-bond acceptors (Lipinski definition) is 3. The molecule has 0 saturated heterocycles. The average molecular weight is 179 g/mol. The summed E-state index contributed by atoms with van der Waals surface area (Å²) in [4.78, 5) is 0. The van der Waals surface area contributed by atoms with Gasteiger partial charge in [0.15, 0.2) is 11.5 Å². The summed E-state index contributed by atoms with van der Waals surface area (Å²) in [6, 6.07) is 5.73. The van der Waals surface area contributed by atoms with Gasteiger partial charge in [-0.25, -0.2) is 0 Å². The third-order valence-corrected chi connectivity index (χ3v) is 2.47. The number of benzene rings is 1. The lowest BCUT2D eigenvalue weighted by Gasteiger charge is -2.04. The van der Waals surface area contributed by atoms with Gasteiger partial charge in [-0.2, -0.15) is 0 Å². The molecule has 1 aliphatic carbocycles. The topological polar surface area (TPSA) is 55.5 Å². The van der Waals surface area contributed by atoms with E-state index in [0.717, 1.165) is 12.0 Å². The van der Waals surface area contributed by atoms with E-state index >= 15 is 0 Å². The molecule has 3 heteroatoms. The highest BCUT2D eigenvalue weighted by Crippen LogP contribution is 2.41. The van der Waals surface area contributed by atoms with Gasteiger partial charge in [-0.05, 0) is 24.1 Å². The van der Waals surface area contributed by atoms with E-state index in [1.54, 1.807) is 12.1 Å². The number of methoxy groups -OCH3 is 1. The number of rotatable bonds is 2. The van der Waals surface area contributed by atoms with Crippen LogP contribution >= 0.6 is 0 Å². The van der Waals surface area contributed by atoms with Gasteiger partial charge >= 0.3 is 0 Å². The van der Waals surface area contributed by atoms with Gasteiger partial charge in [0.1, 0.15) is 0 Å². The predicted octanol–water partition coefficient (Wildman–Crippen LogP) is 1.22. The molecule has 0 bridgehead atoms. The van der Waals surface area contributed by atoms with E-state index in [1.807, 2.05) is 6.07 Å². The highest BCUT2D eigenvalue weighted by atomic mass is 16.5. The molecular weight excluding hydrogens is 166 g/mol. The van der Waals surface area contributed by atoms with Crippen LogP contribution in [0, 0.1) is 0 Å². The first-order valence-electron chi connectivity index (χ1n) is 4.35. The van der Waals surface area contributed by atoms with Crippen LogP contribution in [0.3, 0.4) is 0 Å². The van der Waals surface area contributed by atoms with Crippen LogP contribution in [0.4, 0.5) is 0 Å². The largest absolute Gasteiger partial charge is 0.504 e. The molecule has 0 amide bonds. The van der Waals surface area contributed by atoms with Crippen molar-refractivity contribution in [3.8, 4) is 11.5 Å². The van der Waals surface area contributed by atoms with Crippen molar-refractivity contribution in [2.45, 2.75) is 18.4 Å². The van der Waals surface area contributed by atoms with Crippen molar-refractivity contribution in [1.29, 1.82) is 0 Å². The molecule has 2 atom stereocenters. The Morgan fingerprint density at radius 2 is 2.23 bits per heavy atom. The molecule has 0 aromatic heterocycles. The Hall–Kier alpha value is -1.22.